The fraction of sp³-hybridized carbons (Fsp3) is 0.406. The van der Waals surface area contributed by atoms with Crippen LogP contribution in [0.25, 0.3) is 0 Å². The zero-order valence-corrected chi connectivity index (χ0v) is 25.5. The Morgan fingerprint density at radius 1 is 0.634 bits per heavy atom. The summed E-state index contributed by atoms with van der Waals surface area (Å²) in [6.45, 7) is 16.3. The molecule has 0 radical (unpaired) electrons. The molecule has 41 heavy (non-hydrogen) atoms. The highest BCUT2D eigenvalue weighted by Gasteiger charge is 2.52. The smallest absolute Gasteiger partial charge is 0.399 e. The van der Waals surface area contributed by atoms with E-state index < -0.39 is 0 Å². The van der Waals surface area contributed by atoms with E-state index in [-0.39, 0.29) is 42.5 Å². The molecule has 1 amide bonds. The van der Waals surface area contributed by atoms with E-state index in [0.29, 0.717) is 6.42 Å². The lowest BCUT2D eigenvalue weighted by Crippen LogP contribution is -2.41. The van der Waals surface area contributed by atoms with Crippen LogP contribution < -0.4 is 22.0 Å². The van der Waals surface area contributed by atoms with Gasteiger partial charge in [-0.05, 0) is 96.1 Å². The molecule has 0 unspecified atom stereocenters. The van der Waals surface area contributed by atoms with E-state index in [1.807, 2.05) is 134 Å². The van der Waals surface area contributed by atoms with Gasteiger partial charge < -0.3 is 29.7 Å². The van der Waals surface area contributed by atoms with Gasteiger partial charge in [0.25, 0.3) is 0 Å². The summed E-state index contributed by atoms with van der Waals surface area (Å²) in [5.74, 6) is -0.0328. The molecule has 3 aromatic carbocycles. The lowest BCUT2D eigenvalue weighted by molar-refractivity contribution is -0.115. The first-order valence-electron chi connectivity index (χ1n) is 14.1. The van der Waals surface area contributed by atoms with E-state index in [2.05, 4.69) is 5.32 Å². The van der Waals surface area contributed by atoms with Crippen LogP contribution in [0.4, 0.5) is 11.4 Å². The van der Waals surface area contributed by atoms with Gasteiger partial charge >= 0.3 is 14.2 Å². The summed E-state index contributed by atoms with van der Waals surface area (Å²) in [7, 11) is -0.690. The van der Waals surface area contributed by atoms with E-state index in [4.69, 9.17) is 24.4 Å². The maximum absolute atomic E-state index is 12.1. The van der Waals surface area contributed by atoms with E-state index in [9.17, 15) is 4.79 Å². The molecule has 9 heteroatoms. The van der Waals surface area contributed by atoms with Crippen LogP contribution in [0.1, 0.15) is 61.0 Å². The summed E-state index contributed by atoms with van der Waals surface area (Å²) in [5.41, 5.74) is 8.80. The zero-order chi connectivity index (χ0) is 30.1. The number of benzene rings is 3. The number of nitrogens with two attached hydrogens (primary N) is 1. The molecule has 0 spiro atoms. The Balaban J connectivity index is 0.000000208. The second-order valence-corrected chi connectivity index (χ2v) is 12.7. The number of hydrogen-bond acceptors (Lipinski definition) is 6. The number of amides is 1. The second kappa shape index (κ2) is 11.6. The minimum Gasteiger partial charge on any atom is -0.399 e. The standard InChI is InChI=1S/C20H24BNO3.C12H18BNO2/c1-19(2)20(3,4)25-21(24-19)16-10-12-17(13-11-16)22-18(23)14-15-8-6-5-7-9-15;1-11(2)12(3,4)16-13(15-11)9-5-7-10(14)8-6-9/h5-13H,14H2,1-4H3,(H,22,23);5-8H,14H2,1-4H3. The fourth-order valence-electron chi connectivity index (χ4n) is 4.32. The van der Waals surface area contributed by atoms with Gasteiger partial charge in [0, 0.05) is 11.4 Å². The van der Waals surface area contributed by atoms with Crippen molar-refractivity contribution < 1.29 is 23.4 Å². The van der Waals surface area contributed by atoms with Crippen molar-refractivity contribution in [1.29, 1.82) is 0 Å². The molecule has 3 N–H and O–H groups in total. The molecule has 0 atom stereocenters. The van der Waals surface area contributed by atoms with Gasteiger partial charge in [-0.3, -0.25) is 4.79 Å². The lowest BCUT2D eigenvalue weighted by Gasteiger charge is -2.32. The molecule has 0 aromatic heterocycles. The summed E-state index contributed by atoms with van der Waals surface area (Å²) in [6.07, 6.45) is 0.361. The highest BCUT2D eigenvalue weighted by atomic mass is 16.7. The Kier molecular flexibility index (Phi) is 8.76. The third kappa shape index (κ3) is 7.22. The van der Waals surface area contributed by atoms with Crippen molar-refractivity contribution in [2.45, 2.75) is 84.2 Å². The molecule has 7 nitrogen and oxygen atoms in total. The Morgan fingerprint density at radius 2 is 1.02 bits per heavy atom. The number of rotatable bonds is 5. The number of carbonyl (C=O) groups excluding carboxylic acids is 1. The normalized spacial score (nSPS) is 19.8. The molecule has 2 aliphatic rings. The maximum atomic E-state index is 12.1. The number of anilines is 2. The molecule has 0 aliphatic carbocycles. The number of carbonyl (C=O) groups is 1. The quantitative estimate of drug-likeness (QED) is 0.349. The van der Waals surface area contributed by atoms with Gasteiger partial charge in [0.1, 0.15) is 0 Å². The molecule has 2 saturated heterocycles. The minimum atomic E-state index is -0.390. The fourth-order valence-corrected chi connectivity index (χ4v) is 4.32. The predicted octanol–water partition coefficient (Wildman–Crippen LogP) is 4.74. The number of nitrogens with one attached hydrogen (secondary N) is 1. The van der Waals surface area contributed by atoms with Crippen molar-refractivity contribution in [1.82, 2.24) is 0 Å². The summed E-state index contributed by atoms with van der Waals surface area (Å²) in [4.78, 5) is 12.1. The average molecular weight is 556 g/mol. The molecule has 2 aliphatic heterocycles. The van der Waals surface area contributed by atoms with E-state index in [1.54, 1.807) is 0 Å². The third-order valence-electron chi connectivity index (χ3n) is 8.39. The van der Waals surface area contributed by atoms with Crippen molar-refractivity contribution in [2.75, 3.05) is 11.1 Å². The molecule has 5 rings (SSSR count). The van der Waals surface area contributed by atoms with Crippen molar-refractivity contribution >= 4 is 42.4 Å². The predicted molar refractivity (Wildman–Crippen MR) is 168 cm³/mol. The topological polar surface area (TPSA) is 92.0 Å². The SMILES string of the molecule is CC1(C)OB(c2ccc(N)cc2)OC1(C)C.CC1(C)OB(c2ccc(NC(=O)Cc3ccccc3)cc2)OC1(C)C. The van der Waals surface area contributed by atoms with Crippen LogP contribution in [0.3, 0.4) is 0 Å². The third-order valence-corrected chi connectivity index (χ3v) is 8.39. The summed E-state index contributed by atoms with van der Waals surface area (Å²) >= 11 is 0. The first kappa shape index (κ1) is 30.8. The summed E-state index contributed by atoms with van der Waals surface area (Å²) in [5, 5.41) is 2.92. The van der Waals surface area contributed by atoms with Crippen LogP contribution in [-0.2, 0) is 29.8 Å². The first-order chi connectivity index (χ1) is 19.1. The molecule has 2 fully saturated rings. The molecular weight excluding hydrogens is 514 g/mol. The second-order valence-electron chi connectivity index (χ2n) is 12.7. The van der Waals surface area contributed by atoms with Crippen molar-refractivity contribution in [3.63, 3.8) is 0 Å². The zero-order valence-electron chi connectivity index (χ0n) is 25.5. The van der Waals surface area contributed by atoms with Crippen LogP contribution >= 0.6 is 0 Å². The van der Waals surface area contributed by atoms with Crippen molar-refractivity contribution in [2.24, 2.45) is 0 Å². The summed E-state index contributed by atoms with van der Waals surface area (Å²) in [6, 6.07) is 24.9. The molecule has 216 valence electrons. The van der Waals surface area contributed by atoms with Crippen molar-refractivity contribution in [3.05, 3.63) is 84.4 Å². The largest absolute Gasteiger partial charge is 0.494 e. The Labute approximate surface area is 245 Å². The first-order valence-corrected chi connectivity index (χ1v) is 14.1. The van der Waals surface area contributed by atoms with E-state index in [0.717, 1.165) is 27.9 Å². The lowest BCUT2D eigenvalue weighted by atomic mass is 9.79. The average Bonchev–Trinajstić information content (AvgIpc) is 3.25. The highest BCUT2D eigenvalue weighted by molar-refractivity contribution is 6.62. The van der Waals surface area contributed by atoms with Crippen LogP contribution in [0, 0.1) is 0 Å². The Bertz CT molecular complexity index is 1290. The monoisotopic (exact) mass is 556 g/mol. The van der Waals surface area contributed by atoms with E-state index >= 15 is 0 Å². The Hall–Kier alpha value is -3.10. The van der Waals surface area contributed by atoms with E-state index in [1.165, 1.54) is 0 Å². The van der Waals surface area contributed by atoms with Gasteiger partial charge in [-0.2, -0.15) is 0 Å². The van der Waals surface area contributed by atoms with Gasteiger partial charge in [0.15, 0.2) is 0 Å². The molecule has 2 heterocycles. The van der Waals surface area contributed by atoms with Gasteiger partial charge in [-0.1, -0.05) is 54.6 Å². The highest BCUT2D eigenvalue weighted by Crippen LogP contribution is 2.37. The summed E-state index contributed by atoms with van der Waals surface area (Å²) < 4.78 is 23.9. The van der Waals surface area contributed by atoms with Crippen LogP contribution in [-0.4, -0.2) is 42.5 Å². The Morgan fingerprint density at radius 3 is 1.44 bits per heavy atom. The molecule has 3 aromatic rings. The van der Waals surface area contributed by atoms with Crippen LogP contribution in [0.5, 0.6) is 0 Å². The van der Waals surface area contributed by atoms with Crippen LogP contribution in [0.2, 0.25) is 0 Å². The molecule has 0 bridgehead atoms. The van der Waals surface area contributed by atoms with Crippen molar-refractivity contribution in [3.8, 4) is 0 Å². The minimum absolute atomic E-state index is 0.0328. The van der Waals surface area contributed by atoms with Gasteiger partial charge in [-0.15, -0.1) is 0 Å². The van der Waals surface area contributed by atoms with Gasteiger partial charge in [-0.25, -0.2) is 0 Å². The van der Waals surface area contributed by atoms with Crippen LogP contribution in [0.15, 0.2) is 78.9 Å². The maximum Gasteiger partial charge on any atom is 0.494 e. The van der Waals surface area contributed by atoms with Gasteiger partial charge in [0.2, 0.25) is 5.91 Å². The van der Waals surface area contributed by atoms with Gasteiger partial charge in [0.05, 0.1) is 28.8 Å². The number of hydrogen-bond donors (Lipinski definition) is 2. The molecular formula is C32H42B2N2O5. The number of nitrogen functional groups attached to an aromatic ring is 1. The molecule has 0 saturated carbocycles.